The van der Waals surface area contributed by atoms with E-state index in [1.807, 2.05) is 0 Å². The molecule has 8 heteroatoms. The number of nitrogens with two attached hydrogens (primary N) is 1. The minimum Gasteiger partial charge on any atom is -0.339 e. The van der Waals surface area contributed by atoms with Gasteiger partial charge < -0.3 is 10.3 Å². The zero-order chi connectivity index (χ0) is 17.4. The molecule has 1 aliphatic rings. The van der Waals surface area contributed by atoms with E-state index in [0.717, 1.165) is 25.7 Å². The number of aromatic nitrogens is 4. The molecule has 0 saturated heterocycles. The van der Waals surface area contributed by atoms with E-state index >= 15 is 0 Å². The molecule has 3 N–H and O–H groups in total. The molecule has 0 amide bonds. The quantitative estimate of drug-likeness (QED) is 0.732. The Bertz CT molecular complexity index is 1030. The molecule has 0 radical (unpaired) electrons. The lowest BCUT2D eigenvalue weighted by Gasteiger charge is -2.17. The second-order valence-electron chi connectivity index (χ2n) is 6.57. The number of aryl methyl sites for hydroxylation is 2. The van der Waals surface area contributed by atoms with Gasteiger partial charge in [-0.2, -0.15) is 4.98 Å². The summed E-state index contributed by atoms with van der Waals surface area (Å²) in [5.41, 5.74) is 5.27. The minimum atomic E-state index is -0.504. The van der Waals surface area contributed by atoms with Crippen LogP contribution in [-0.2, 0) is 18.5 Å². The van der Waals surface area contributed by atoms with Crippen LogP contribution in [0.25, 0.3) is 10.8 Å². The van der Waals surface area contributed by atoms with Crippen LogP contribution in [0.3, 0.4) is 0 Å². The Morgan fingerprint density at radius 1 is 1.20 bits per heavy atom. The molecule has 25 heavy (non-hydrogen) atoms. The number of rotatable bonds is 4. The van der Waals surface area contributed by atoms with Gasteiger partial charge in [0.1, 0.15) is 0 Å². The van der Waals surface area contributed by atoms with Crippen LogP contribution in [0.15, 0.2) is 38.4 Å². The molecule has 3 aromatic rings. The fraction of sp³-hybridized carbons (Fsp3) is 0.412. The van der Waals surface area contributed by atoms with Crippen molar-refractivity contribution in [1.29, 1.82) is 0 Å². The number of hydrogen-bond acceptors (Lipinski definition) is 6. The summed E-state index contributed by atoms with van der Waals surface area (Å²) < 4.78 is 6.55. The van der Waals surface area contributed by atoms with E-state index in [9.17, 15) is 9.59 Å². The van der Waals surface area contributed by atoms with Crippen LogP contribution in [-0.4, -0.2) is 19.9 Å². The molecular weight excluding hydrogens is 322 g/mol. The summed E-state index contributed by atoms with van der Waals surface area (Å²) in [6, 6.07) is 6.74. The van der Waals surface area contributed by atoms with Crippen LogP contribution in [0.5, 0.6) is 0 Å². The van der Waals surface area contributed by atoms with Crippen molar-refractivity contribution in [2.75, 3.05) is 0 Å². The zero-order valence-corrected chi connectivity index (χ0v) is 13.7. The second kappa shape index (κ2) is 5.96. The average Bonchev–Trinajstić information content (AvgIpc) is 3.27. The Kier molecular flexibility index (Phi) is 3.76. The van der Waals surface area contributed by atoms with Gasteiger partial charge in [0.05, 0.1) is 22.9 Å². The maximum Gasteiger partial charge on any atom is 0.273 e. The van der Waals surface area contributed by atoms with Gasteiger partial charge in [-0.15, -0.1) is 0 Å². The Balaban J connectivity index is 1.57. The van der Waals surface area contributed by atoms with E-state index in [0.29, 0.717) is 28.9 Å². The normalized spacial score (nSPS) is 16.5. The lowest BCUT2D eigenvalue weighted by molar-refractivity contribution is 0.343. The van der Waals surface area contributed by atoms with E-state index in [4.69, 9.17) is 10.3 Å². The molecule has 130 valence electrons. The molecule has 0 unspecified atom stereocenters. The molecule has 1 aliphatic carbocycles. The summed E-state index contributed by atoms with van der Waals surface area (Å²) in [6.07, 6.45) is 4.17. The summed E-state index contributed by atoms with van der Waals surface area (Å²) in [7, 11) is 0. The van der Waals surface area contributed by atoms with Crippen molar-refractivity contribution in [3.8, 4) is 0 Å². The van der Waals surface area contributed by atoms with Crippen LogP contribution in [0.1, 0.15) is 37.4 Å². The third-order valence-corrected chi connectivity index (χ3v) is 4.84. The Hall–Kier alpha value is -2.74. The lowest BCUT2D eigenvalue weighted by Crippen LogP contribution is -2.34. The van der Waals surface area contributed by atoms with Crippen molar-refractivity contribution < 1.29 is 4.52 Å². The maximum absolute atomic E-state index is 12.5. The highest BCUT2D eigenvalue weighted by molar-refractivity contribution is 5.80. The molecule has 4 rings (SSSR count). The van der Waals surface area contributed by atoms with Crippen LogP contribution in [0.2, 0.25) is 0 Å². The van der Waals surface area contributed by atoms with Gasteiger partial charge in [0.15, 0.2) is 5.82 Å². The van der Waals surface area contributed by atoms with E-state index < -0.39 is 5.54 Å². The van der Waals surface area contributed by atoms with Gasteiger partial charge in [0.25, 0.3) is 11.1 Å². The highest BCUT2D eigenvalue weighted by Gasteiger charge is 2.35. The molecule has 2 heterocycles. The summed E-state index contributed by atoms with van der Waals surface area (Å²) >= 11 is 0. The van der Waals surface area contributed by atoms with Crippen molar-refractivity contribution in [1.82, 2.24) is 19.9 Å². The standard InChI is InChI=1S/C17H19N5O3/c18-17(8-3-4-9-17)16-19-13(25-21-16)7-10-22-15(24)12-6-2-1-5-11(12)14(23)20-22/h1-2,5-6H,3-4,7-10,18H2,(H,20,23). The van der Waals surface area contributed by atoms with Crippen molar-refractivity contribution in [2.24, 2.45) is 5.73 Å². The first-order valence-corrected chi connectivity index (χ1v) is 8.41. The third-order valence-electron chi connectivity index (χ3n) is 4.84. The van der Waals surface area contributed by atoms with Gasteiger partial charge in [-0.1, -0.05) is 30.1 Å². The number of nitrogens with one attached hydrogen (secondary N) is 1. The Morgan fingerprint density at radius 3 is 2.68 bits per heavy atom. The molecule has 1 aromatic carbocycles. The van der Waals surface area contributed by atoms with Gasteiger partial charge in [0.2, 0.25) is 5.89 Å². The second-order valence-corrected chi connectivity index (χ2v) is 6.57. The predicted molar refractivity (Wildman–Crippen MR) is 91.2 cm³/mol. The molecular formula is C17H19N5O3. The van der Waals surface area contributed by atoms with Gasteiger partial charge in [-0.3, -0.25) is 14.7 Å². The topological polar surface area (TPSA) is 120 Å². The van der Waals surface area contributed by atoms with Crippen LogP contribution < -0.4 is 16.9 Å². The highest BCUT2D eigenvalue weighted by Crippen LogP contribution is 2.34. The maximum atomic E-state index is 12.5. The molecule has 0 atom stereocenters. The average molecular weight is 341 g/mol. The van der Waals surface area contributed by atoms with E-state index in [-0.39, 0.29) is 17.7 Å². The first kappa shape index (κ1) is 15.8. The summed E-state index contributed by atoms with van der Waals surface area (Å²) in [5.74, 6) is 0.937. The first-order chi connectivity index (χ1) is 12.1. The van der Waals surface area contributed by atoms with Crippen molar-refractivity contribution in [3.63, 3.8) is 0 Å². The SMILES string of the molecule is NC1(c2noc(CCn3[nH]c(=O)c4ccccc4c3=O)n2)CCCC1. The fourth-order valence-corrected chi connectivity index (χ4v) is 3.40. The fourth-order valence-electron chi connectivity index (χ4n) is 3.40. The molecule has 2 aromatic heterocycles. The van der Waals surface area contributed by atoms with Gasteiger partial charge in [-0.05, 0) is 25.0 Å². The number of hydrogen-bond donors (Lipinski definition) is 2. The number of H-pyrrole nitrogens is 1. The molecule has 8 nitrogen and oxygen atoms in total. The third kappa shape index (κ3) is 2.78. The Morgan fingerprint density at radius 2 is 1.92 bits per heavy atom. The minimum absolute atomic E-state index is 0.248. The van der Waals surface area contributed by atoms with Gasteiger partial charge in [-0.25, -0.2) is 4.68 Å². The number of nitrogens with zero attached hydrogens (tertiary/aromatic N) is 3. The number of fused-ring (bicyclic) bond motifs is 1. The summed E-state index contributed by atoms with van der Waals surface area (Å²) in [4.78, 5) is 29.0. The van der Waals surface area contributed by atoms with Crippen molar-refractivity contribution in [3.05, 3.63) is 56.7 Å². The Labute approximate surface area is 142 Å². The van der Waals surface area contributed by atoms with Gasteiger partial charge >= 0.3 is 0 Å². The number of benzene rings is 1. The molecule has 0 aliphatic heterocycles. The number of aromatic amines is 1. The monoisotopic (exact) mass is 341 g/mol. The summed E-state index contributed by atoms with van der Waals surface area (Å²) in [6.45, 7) is 0.248. The van der Waals surface area contributed by atoms with Crippen LogP contribution in [0.4, 0.5) is 0 Å². The smallest absolute Gasteiger partial charge is 0.273 e. The molecule has 0 bridgehead atoms. The van der Waals surface area contributed by atoms with Crippen molar-refractivity contribution >= 4 is 10.8 Å². The molecule has 0 spiro atoms. The predicted octanol–water partition coefficient (Wildman–Crippen LogP) is 1.04. The zero-order valence-electron chi connectivity index (χ0n) is 13.7. The lowest BCUT2D eigenvalue weighted by atomic mass is 9.99. The largest absolute Gasteiger partial charge is 0.339 e. The molecule has 1 saturated carbocycles. The van der Waals surface area contributed by atoms with Crippen LogP contribution in [0, 0.1) is 0 Å². The highest BCUT2D eigenvalue weighted by atomic mass is 16.5. The van der Waals surface area contributed by atoms with Gasteiger partial charge in [0, 0.05) is 6.42 Å². The van der Waals surface area contributed by atoms with Crippen LogP contribution >= 0.6 is 0 Å². The molecule has 1 fully saturated rings. The summed E-state index contributed by atoms with van der Waals surface area (Å²) in [5, 5.41) is 7.37. The van der Waals surface area contributed by atoms with E-state index in [2.05, 4.69) is 15.2 Å². The first-order valence-electron chi connectivity index (χ1n) is 8.41. The van der Waals surface area contributed by atoms with E-state index in [1.54, 1.807) is 24.3 Å². The van der Waals surface area contributed by atoms with E-state index in [1.165, 1.54) is 4.68 Å². The van der Waals surface area contributed by atoms with Crippen molar-refractivity contribution in [2.45, 2.75) is 44.2 Å².